The Labute approximate surface area is 192 Å². The molecule has 2 aliphatic rings. The van der Waals surface area contributed by atoms with Gasteiger partial charge in [-0.15, -0.1) is 0 Å². The lowest BCUT2D eigenvalue weighted by atomic mass is 9.90. The lowest BCUT2D eigenvalue weighted by molar-refractivity contribution is 0.101. The zero-order valence-electron chi connectivity index (χ0n) is 18.0. The summed E-state index contributed by atoms with van der Waals surface area (Å²) in [7, 11) is -3.84. The van der Waals surface area contributed by atoms with E-state index in [1.165, 1.54) is 19.1 Å². The summed E-state index contributed by atoms with van der Waals surface area (Å²) in [6, 6.07) is 17.2. The van der Waals surface area contributed by atoms with E-state index in [9.17, 15) is 18.3 Å². The molecule has 2 heterocycles. The molecular weight excluding hydrogens is 440 g/mol. The Hall–Kier alpha value is -3.20. The number of ketones is 1. The fraction of sp³-hybridized carbons (Fsp3) is 0.240. The first kappa shape index (κ1) is 21.6. The average Bonchev–Trinajstić information content (AvgIpc) is 3.26. The number of benzene rings is 3. The summed E-state index contributed by atoms with van der Waals surface area (Å²) in [4.78, 5) is 11.8. The number of fused-ring (bicyclic) bond motifs is 2. The normalized spacial score (nSPS) is 19.3. The molecule has 0 fully saturated rings. The number of hydrogen-bond donors (Lipinski definition) is 3. The van der Waals surface area contributed by atoms with Crippen LogP contribution in [0, 0.1) is 0 Å². The minimum Gasteiger partial charge on any atom is -0.388 e. The summed E-state index contributed by atoms with van der Waals surface area (Å²) in [6.45, 7) is 2.53. The van der Waals surface area contributed by atoms with Crippen molar-refractivity contribution >= 4 is 27.2 Å². The maximum Gasteiger partial charge on any atom is 0.261 e. The fourth-order valence-corrected chi connectivity index (χ4v) is 5.44. The van der Waals surface area contributed by atoms with Crippen molar-refractivity contribution in [3.8, 4) is 0 Å². The maximum atomic E-state index is 13.0. The third-order valence-electron chi connectivity index (χ3n) is 6.15. The molecule has 0 radical (unpaired) electrons. The molecule has 0 aliphatic carbocycles. The minimum atomic E-state index is -3.84. The monoisotopic (exact) mass is 464 g/mol. The van der Waals surface area contributed by atoms with E-state index >= 15 is 0 Å². The van der Waals surface area contributed by atoms with Crippen LogP contribution < -0.4 is 10.0 Å². The van der Waals surface area contributed by atoms with E-state index in [1.54, 1.807) is 24.3 Å². The second-order valence-corrected chi connectivity index (χ2v) is 10.1. The van der Waals surface area contributed by atoms with Gasteiger partial charge in [-0.25, -0.2) is 8.42 Å². The predicted octanol–water partition coefficient (Wildman–Crippen LogP) is 4.31. The van der Waals surface area contributed by atoms with Crippen LogP contribution in [0.2, 0.25) is 0 Å². The molecule has 0 amide bonds. The highest BCUT2D eigenvalue weighted by Crippen LogP contribution is 2.40. The highest BCUT2D eigenvalue weighted by atomic mass is 32.2. The third-order valence-corrected chi connectivity index (χ3v) is 7.53. The number of carbonyl (C=O) groups excluding carboxylic acids is 1. The quantitative estimate of drug-likeness (QED) is 0.486. The lowest BCUT2D eigenvalue weighted by Crippen LogP contribution is -2.22. The van der Waals surface area contributed by atoms with Crippen molar-refractivity contribution in [3.05, 3.63) is 88.5 Å². The van der Waals surface area contributed by atoms with Crippen molar-refractivity contribution in [3.63, 3.8) is 0 Å². The number of aliphatic hydroxyl groups excluding tert-OH is 1. The molecule has 2 aliphatic heterocycles. The number of rotatable bonds is 5. The van der Waals surface area contributed by atoms with Crippen LogP contribution >= 0.6 is 0 Å². The summed E-state index contributed by atoms with van der Waals surface area (Å²) in [5.41, 5.74) is 5.21. The van der Waals surface area contributed by atoms with Gasteiger partial charge >= 0.3 is 0 Å². The molecule has 0 saturated carbocycles. The van der Waals surface area contributed by atoms with Gasteiger partial charge in [0.15, 0.2) is 5.78 Å². The molecule has 170 valence electrons. The third kappa shape index (κ3) is 4.25. The molecule has 0 bridgehead atoms. The van der Waals surface area contributed by atoms with Gasteiger partial charge in [0.25, 0.3) is 10.0 Å². The van der Waals surface area contributed by atoms with Gasteiger partial charge in [-0.05, 0) is 60.0 Å². The molecule has 2 atom stereocenters. The van der Waals surface area contributed by atoms with Crippen LogP contribution in [0.5, 0.6) is 0 Å². The Bertz CT molecular complexity index is 1350. The van der Waals surface area contributed by atoms with E-state index in [0.29, 0.717) is 42.1 Å². The standard InChI is InChI=1S/C25H24N2O5S/c1-15(28)16-3-2-4-17(9-16)24-12-25(29)22-11-21(7-8-23(22)26-24)33(30,31)27-20-6-5-18-13-32-14-19(18)10-20/h2-11,24-27,29H,12-14H2,1H3/t24?,25-/m0/s1. The predicted molar refractivity (Wildman–Crippen MR) is 125 cm³/mol. The molecule has 0 spiro atoms. The molecule has 7 nitrogen and oxygen atoms in total. The zero-order valence-corrected chi connectivity index (χ0v) is 18.9. The van der Waals surface area contributed by atoms with Gasteiger partial charge in [0, 0.05) is 28.9 Å². The van der Waals surface area contributed by atoms with E-state index in [0.717, 1.165) is 16.7 Å². The van der Waals surface area contributed by atoms with Crippen LogP contribution in [-0.2, 0) is 28.0 Å². The number of carbonyl (C=O) groups is 1. The van der Waals surface area contributed by atoms with Crippen molar-refractivity contribution < 1.29 is 23.1 Å². The van der Waals surface area contributed by atoms with Crippen molar-refractivity contribution in [2.24, 2.45) is 0 Å². The highest BCUT2D eigenvalue weighted by Gasteiger charge is 2.28. The lowest BCUT2D eigenvalue weighted by Gasteiger charge is -2.31. The van der Waals surface area contributed by atoms with Crippen LogP contribution in [0.3, 0.4) is 0 Å². The van der Waals surface area contributed by atoms with Crippen molar-refractivity contribution in [1.29, 1.82) is 0 Å². The van der Waals surface area contributed by atoms with Gasteiger partial charge in [-0.3, -0.25) is 9.52 Å². The van der Waals surface area contributed by atoms with Crippen LogP contribution in [0.25, 0.3) is 0 Å². The van der Waals surface area contributed by atoms with Gasteiger partial charge in [0.05, 0.1) is 30.3 Å². The van der Waals surface area contributed by atoms with Gasteiger partial charge in [0.1, 0.15) is 0 Å². The van der Waals surface area contributed by atoms with E-state index in [2.05, 4.69) is 10.0 Å². The fourth-order valence-electron chi connectivity index (χ4n) is 4.36. The number of Topliss-reactive ketones (excluding diaryl/α,β-unsaturated/α-hetero) is 1. The molecule has 33 heavy (non-hydrogen) atoms. The van der Waals surface area contributed by atoms with Gasteiger partial charge in [-0.2, -0.15) is 0 Å². The summed E-state index contributed by atoms with van der Waals surface area (Å²) >= 11 is 0. The maximum absolute atomic E-state index is 13.0. The van der Waals surface area contributed by atoms with Crippen molar-refractivity contribution in [2.75, 3.05) is 10.0 Å². The Balaban J connectivity index is 1.39. The summed E-state index contributed by atoms with van der Waals surface area (Å²) < 4.78 is 34.0. The molecule has 3 aromatic carbocycles. The highest BCUT2D eigenvalue weighted by molar-refractivity contribution is 7.92. The second-order valence-electron chi connectivity index (χ2n) is 8.46. The largest absolute Gasteiger partial charge is 0.388 e. The molecule has 0 saturated heterocycles. The molecular formula is C25H24N2O5S. The van der Waals surface area contributed by atoms with Crippen LogP contribution in [0.4, 0.5) is 11.4 Å². The molecule has 3 N–H and O–H groups in total. The van der Waals surface area contributed by atoms with Crippen molar-refractivity contribution in [1.82, 2.24) is 0 Å². The van der Waals surface area contributed by atoms with Gasteiger partial charge in [-0.1, -0.05) is 24.3 Å². The SMILES string of the molecule is CC(=O)c1cccc(C2C[C@H](O)c3cc(S(=O)(=O)Nc4ccc5c(c4)COC5)ccc3N2)c1. The first-order valence-corrected chi connectivity index (χ1v) is 12.2. The smallest absolute Gasteiger partial charge is 0.261 e. The van der Waals surface area contributed by atoms with E-state index < -0.39 is 16.1 Å². The Kier molecular flexibility index (Phi) is 5.44. The number of hydrogen-bond acceptors (Lipinski definition) is 6. The van der Waals surface area contributed by atoms with Crippen molar-refractivity contribution in [2.45, 2.75) is 43.6 Å². The van der Waals surface area contributed by atoms with E-state index in [-0.39, 0.29) is 16.7 Å². The van der Waals surface area contributed by atoms with Crippen LogP contribution in [0.15, 0.2) is 65.6 Å². The topological polar surface area (TPSA) is 105 Å². The molecule has 5 rings (SSSR count). The Morgan fingerprint density at radius 1 is 1.06 bits per heavy atom. The number of aliphatic hydroxyl groups is 1. The average molecular weight is 465 g/mol. The summed E-state index contributed by atoms with van der Waals surface area (Å²) in [5.74, 6) is -0.0214. The second kappa shape index (κ2) is 8.30. The van der Waals surface area contributed by atoms with Gasteiger partial charge in [0.2, 0.25) is 0 Å². The summed E-state index contributed by atoms with van der Waals surface area (Å²) in [6.07, 6.45) is -0.490. The number of sulfonamides is 1. The van der Waals surface area contributed by atoms with Crippen LogP contribution in [0.1, 0.15) is 58.1 Å². The minimum absolute atomic E-state index is 0.0214. The van der Waals surface area contributed by atoms with Gasteiger partial charge < -0.3 is 15.2 Å². The molecule has 3 aromatic rings. The van der Waals surface area contributed by atoms with E-state index in [1.807, 2.05) is 24.3 Å². The van der Waals surface area contributed by atoms with Crippen LogP contribution in [-0.4, -0.2) is 19.3 Å². The number of anilines is 2. The summed E-state index contributed by atoms with van der Waals surface area (Å²) in [5, 5.41) is 14.2. The first-order valence-electron chi connectivity index (χ1n) is 10.7. The Morgan fingerprint density at radius 2 is 1.88 bits per heavy atom. The zero-order chi connectivity index (χ0) is 23.2. The number of nitrogens with one attached hydrogen (secondary N) is 2. The Morgan fingerprint density at radius 3 is 2.70 bits per heavy atom. The van der Waals surface area contributed by atoms with E-state index in [4.69, 9.17) is 4.74 Å². The number of ether oxygens (including phenoxy) is 1. The molecule has 0 aromatic heterocycles. The first-order chi connectivity index (χ1) is 15.8. The molecule has 8 heteroatoms. The molecule has 1 unspecified atom stereocenters.